The lowest BCUT2D eigenvalue weighted by Gasteiger charge is -2.22. The fourth-order valence-electron chi connectivity index (χ4n) is 3.03. The monoisotopic (exact) mass is 325 g/mol. The van der Waals surface area contributed by atoms with E-state index in [1.54, 1.807) is 13.8 Å². The van der Waals surface area contributed by atoms with Crippen LogP contribution in [-0.2, 0) is 19.2 Å². The van der Waals surface area contributed by atoms with Gasteiger partial charge in [-0.05, 0) is 11.8 Å². The van der Waals surface area contributed by atoms with E-state index in [0.29, 0.717) is 0 Å². The van der Waals surface area contributed by atoms with Gasteiger partial charge in [-0.2, -0.15) is 0 Å². The van der Waals surface area contributed by atoms with E-state index < -0.39 is 17.9 Å². The molecule has 0 saturated carbocycles. The molecule has 1 aliphatic rings. The predicted molar refractivity (Wildman–Crippen MR) is 84.9 cm³/mol. The molecule has 2 atom stereocenters. The lowest BCUT2D eigenvalue weighted by Crippen LogP contribution is -2.51. The smallest absolute Gasteiger partial charge is 0.240 e. The lowest BCUT2D eigenvalue weighted by molar-refractivity contribution is -0.144. The largest absolute Gasteiger partial charge is 0.368 e. The van der Waals surface area contributed by atoms with Gasteiger partial charge in [0.15, 0.2) is 0 Å². The van der Waals surface area contributed by atoms with Crippen molar-refractivity contribution in [2.45, 2.75) is 53.0 Å². The van der Waals surface area contributed by atoms with Crippen LogP contribution in [0.3, 0.4) is 0 Å². The maximum absolute atomic E-state index is 12.4. The third-order valence-electron chi connectivity index (χ3n) is 4.49. The highest BCUT2D eigenvalue weighted by molar-refractivity contribution is 6.06. The number of likely N-dealkylation sites (tertiary alicyclic amines) is 1. The Balaban J connectivity index is 2.73. The Morgan fingerprint density at radius 2 is 1.83 bits per heavy atom. The van der Waals surface area contributed by atoms with Crippen LogP contribution in [0.1, 0.15) is 47.0 Å². The number of nitrogens with zero attached hydrogens (tertiary/aromatic N) is 1. The molecule has 3 N–H and O–H groups in total. The van der Waals surface area contributed by atoms with Crippen molar-refractivity contribution in [2.75, 3.05) is 6.54 Å². The van der Waals surface area contributed by atoms with E-state index in [2.05, 4.69) is 5.32 Å². The summed E-state index contributed by atoms with van der Waals surface area (Å²) in [7, 11) is 0. The maximum Gasteiger partial charge on any atom is 0.240 e. The molecule has 1 fully saturated rings. The molecular weight excluding hydrogens is 298 g/mol. The zero-order chi connectivity index (χ0) is 17.7. The number of nitrogens with one attached hydrogen (secondary N) is 1. The van der Waals surface area contributed by atoms with Gasteiger partial charge in [0.05, 0.1) is 5.92 Å². The Kier molecular flexibility index (Phi) is 6.72. The zero-order valence-corrected chi connectivity index (χ0v) is 14.3. The average molecular weight is 325 g/mol. The zero-order valence-electron chi connectivity index (χ0n) is 14.3. The molecule has 1 rings (SSSR count). The number of hydrogen-bond donors (Lipinski definition) is 2. The molecule has 0 spiro atoms. The molecular formula is C16H27N3O4. The van der Waals surface area contributed by atoms with Crippen LogP contribution in [0.5, 0.6) is 0 Å². The molecule has 0 aromatic carbocycles. The van der Waals surface area contributed by atoms with Gasteiger partial charge in [0.1, 0.15) is 12.6 Å². The van der Waals surface area contributed by atoms with Gasteiger partial charge in [0.2, 0.25) is 23.6 Å². The maximum atomic E-state index is 12.4. The van der Waals surface area contributed by atoms with Crippen LogP contribution in [0.25, 0.3) is 0 Å². The summed E-state index contributed by atoms with van der Waals surface area (Å²) in [6.45, 7) is 7.13. The highest BCUT2D eigenvalue weighted by Crippen LogP contribution is 2.30. The van der Waals surface area contributed by atoms with E-state index >= 15 is 0 Å². The minimum Gasteiger partial charge on any atom is -0.368 e. The summed E-state index contributed by atoms with van der Waals surface area (Å²) >= 11 is 0. The van der Waals surface area contributed by atoms with Crippen LogP contribution in [0.4, 0.5) is 0 Å². The van der Waals surface area contributed by atoms with Gasteiger partial charge in [-0.15, -0.1) is 0 Å². The standard InChI is InChI=1S/C16H27N3O4/c1-5-10(6-2)11-7-13(21)19(16(11)23)8-12(20)18-14(9(3)4)15(17)22/h9-11,14H,5-8H2,1-4H3,(H2,17,22)(H,18,20)/t11?,14-/m0/s1. The minimum absolute atomic E-state index is 0.147. The van der Waals surface area contributed by atoms with Gasteiger partial charge < -0.3 is 11.1 Å². The van der Waals surface area contributed by atoms with Crippen molar-refractivity contribution in [1.82, 2.24) is 10.2 Å². The SMILES string of the molecule is CCC(CC)C1CC(=O)N(CC(=O)N[C@H](C(N)=O)C(C)C)C1=O. The summed E-state index contributed by atoms with van der Waals surface area (Å²) in [6, 6.07) is -0.815. The van der Waals surface area contributed by atoms with Crippen molar-refractivity contribution in [3.8, 4) is 0 Å². The van der Waals surface area contributed by atoms with Gasteiger partial charge in [0.25, 0.3) is 0 Å². The molecule has 4 amide bonds. The molecule has 0 aromatic rings. The van der Waals surface area contributed by atoms with Crippen molar-refractivity contribution in [2.24, 2.45) is 23.5 Å². The molecule has 7 nitrogen and oxygen atoms in total. The molecule has 1 heterocycles. The Hall–Kier alpha value is -1.92. The van der Waals surface area contributed by atoms with Crippen LogP contribution in [0, 0.1) is 17.8 Å². The number of amides is 4. The first-order valence-corrected chi connectivity index (χ1v) is 8.15. The van der Waals surface area contributed by atoms with E-state index in [0.717, 1.165) is 17.7 Å². The molecule has 130 valence electrons. The van der Waals surface area contributed by atoms with E-state index in [1.807, 2.05) is 13.8 Å². The van der Waals surface area contributed by atoms with Crippen molar-refractivity contribution >= 4 is 23.6 Å². The third kappa shape index (κ3) is 4.53. The van der Waals surface area contributed by atoms with Gasteiger partial charge in [-0.3, -0.25) is 24.1 Å². The van der Waals surface area contributed by atoms with Crippen LogP contribution >= 0.6 is 0 Å². The highest BCUT2D eigenvalue weighted by atomic mass is 16.2. The number of imide groups is 1. The Morgan fingerprint density at radius 3 is 2.26 bits per heavy atom. The molecule has 1 saturated heterocycles. The summed E-state index contributed by atoms with van der Waals surface area (Å²) in [5.41, 5.74) is 5.25. The Morgan fingerprint density at radius 1 is 1.26 bits per heavy atom. The van der Waals surface area contributed by atoms with Crippen molar-refractivity contribution < 1.29 is 19.2 Å². The van der Waals surface area contributed by atoms with E-state index in [-0.39, 0.29) is 42.5 Å². The number of carbonyl (C=O) groups is 4. The van der Waals surface area contributed by atoms with Gasteiger partial charge in [-0.25, -0.2) is 0 Å². The summed E-state index contributed by atoms with van der Waals surface area (Å²) < 4.78 is 0. The molecule has 0 bridgehead atoms. The van der Waals surface area contributed by atoms with Crippen LogP contribution in [-0.4, -0.2) is 41.1 Å². The second kappa shape index (κ2) is 8.08. The van der Waals surface area contributed by atoms with Gasteiger partial charge in [0, 0.05) is 6.42 Å². The fraction of sp³-hybridized carbons (Fsp3) is 0.750. The van der Waals surface area contributed by atoms with Crippen LogP contribution < -0.4 is 11.1 Å². The lowest BCUT2D eigenvalue weighted by atomic mass is 9.87. The number of carbonyl (C=O) groups excluding carboxylic acids is 4. The summed E-state index contributed by atoms with van der Waals surface area (Å²) in [6.07, 6.45) is 1.79. The Labute approximate surface area is 137 Å². The predicted octanol–water partition coefficient (Wildman–Crippen LogP) is 0.424. The first-order chi connectivity index (χ1) is 10.7. The number of hydrogen-bond acceptors (Lipinski definition) is 4. The quantitative estimate of drug-likeness (QED) is 0.630. The normalized spacial score (nSPS) is 19.6. The Bertz CT molecular complexity index is 486. The molecule has 7 heteroatoms. The molecule has 0 radical (unpaired) electrons. The van der Waals surface area contributed by atoms with Crippen LogP contribution in [0.2, 0.25) is 0 Å². The van der Waals surface area contributed by atoms with Crippen molar-refractivity contribution in [1.29, 1.82) is 0 Å². The number of nitrogens with two attached hydrogens (primary N) is 1. The first-order valence-electron chi connectivity index (χ1n) is 8.15. The van der Waals surface area contributed by atoms with Crippen molar-refractivity contribution in [3.05, 3.63) is 0 Å². The molecule has 0 aromatic heterocycles. The van der Waals surface area contributed by atoms with E-state index in [9.17, 15) is 19.2 Å². The second-order valence-electron chi connectivity index (χ2n) is 6.40. The topological polar surface area (TPSA) is 110 Å². The molecule has 0 aliphatic carbocycles. The molecule has 1 aliphatic heterocycles. The first kappa shape index (κ1) is 19.1. The van der Waals surface area contributed by atoms with Crippen LogP contribution in [0.15, 0.2) is 0 Å². The number of rotatable bonds is 8. The second-order valence-corrected chi connectivity index (χ2v) is 6.40. The number of primary amides is 1. The highest BCUT2D eigenvalue weighted by Gasteiger charge is 2.42. The average Bonchev–Trinajstić information content (AvgIpc) is 2.74. The minimum atomic E-state index is -0.815. The molecule has 1 unspecified atom stereocenters. The van der Waals surface area contributed by atoms with Gasteiger partial charge >= 0.3 is 0 Å². The van der Waals surface area contributed by atoms with Crippen molar-refractivity contribution in [3.63, 3.8) is 0 Å². The summed E-state index contributed by atoms with van der Waals surface area (Å²) in [5, 5.41) is 2.50. The fourth-order valence-corrected chi connectivity index (χ4v) is 3.03. The summed E-state index contributed by atoms with van der Waals surface area (Å²) in [4.78, 5) is 48.8. The van der Waals surface area contributed by atoms with E-state index in [4.69, 9.17) is 5.73 Å². The molecule has 23 heavy (non-hydrogen) atoms. The van der Waals surface area contributed by atoms with E-state index in [1.165, 1.54) is 0 Å². The summed E-state index contributed by atoms with van der Waals surface area (Å²) in [5.74, 6) is -2.17. The third-order valence-corrected chi connectivity index (χ3v) is 4.49. The van der Waals surface area contributed by atoms with Gasteiger partial charge in [-0.1, -0.05) is 40.5 Å².